The minimum absolute atomic E-state index is 0.0450. The van der Waals surface area contributed by atoms with Gasteiger partial charge in [-0.25, -0.2) is 8.78 Å². The molecule has 2 amide bonds. The molecule has 1 N–H and O–H groups in total. The van der Waals surface area contributed by atoms with E-state index < -0.39 is 0 Å². The van der Waals surface area contributed by atoms with E-state index in [9.17, 15) is 18.4 Å². The van der Waals surface area contributed by atoms with Crippen LogP contribution in [0.1, 0.15) is 61.0 Å². The highest BCUT2D eigenvalue weighted by Gasteiger charge is 2.42. The predicted octanol–water partition coefficient (Wildman–Crippen LogP) is 6.52. The van der Waals surface area contributed by atoms with E-state index in [4.69, 9.17) is 9.47 Å². The summed E-state index contributed by atoms with van der Waals surface area (Å²) in [4.78, 5) is 31.5. The highest BCUT2D eigenvalue weighted by molar-refractivity contribution is 9.10. The number of nitrogens with one attached hydrogen (secondary N) is 1. The zero-order chi connectivity index (χ0) is 41.9. The Morgan fingerprint density at radius 3 is 1.78 bits per heavy atom. The Kier molecular flexibility index (Phi) is 15.6. The molecule has 4 aliphatic heterocycles. The number of benzene rings is 2. The topological polar surface area (TPSA) is 126 Å². The molecular formula is C44H55BrF2N8O4. The Balaban J connectivity index is 0.000000171. The molecule has 4 aromatic rings. The number of halogens is 3. The highest BCUT2D eigenvalue weighted by atomic mass is 79.9. The third-order valence-electron chi connectivity index (χ3n) is 11.6. The standard InChI is InChI=1S/C22H27FN4O2.C17H23FN2O2.C5H5BrN2/c1-15-9-10-20(25-24-15)26-11-12-27-18(14-26)13-17(22(27)28)7-3-5-16-6-4-8-19(23)21(16)29-2;1-22-16-12(5-3-7-15(16)18)4-2-6-13-10-14-11-19-8-9-20(14)17(13)21;1-4-2-3-5(6)8-7-4/h4,6,8-10,17-18H,3,5,7,11-14H2,1-2H3;3,5,7,13-14,19H,2,4,6,8-11H2,1H3;2-3H,1H3/t17-,18-;13-,14-;/m00./s1. The number of nitrogens with zero attached hydrogens (tertiary/aromatic N) is 7. The van der Waals surface area contributed by atoms with Gasteiger partial charge >= 0.3 is 0 Å². The fraction of sp³-hybridized carbons (Fsp3) is 0.500. The molecule has 4 saturated heterocycles. The summed E-state index contributed by atoms with van der Waals surface area (Å²) in [5, 5.41) is 19.3. The lowest BCUT2D eigenvalue weighted by Crippen LogP contribution is -2.51. The molecule has 0 bridgehead atoms. The molecule has 2 aromatic carbocycles. The van der Waals surface area contributed by atoms with Gasteiger partial charge in [0.15, 0.2) is 29.0 Å². The van der Waals surface area contributed by atoms with Gasteiger partial charge in [0.2, 0.25) is 11.8 Å². The van der Waals surface area contributed by atoms with Crippen LogP contribution in [0, 0.1) is 37.3 Å². The van der Waals surface area contributed by atoms with Crippen LogP contribution >= 0.6 is 15.9 Å². The molecule has 2 aromatic heterocycles. The summed E-state index contributed by atoms with van der Waals surface area (Å²) in [6, 6.07) is 18.3. The average Bonchev–Trinajstić information content (AvgIpc) is 3.74. The van der Waals surface area contributed by atoms with E-state index in [1.54, 1.807) is 12.1 Å². The third kappa shape index (κ3) is 11.3. The molecule has 12 nitrogen and oxygen atoms in total. The van der Waals surface area contributed by atoms with Crippen LogP contribution in [0.25, 0.3) is 0 Å². The van der Waals surface area contributed by atoms with Crippen LogP contribution in [0.15, 0.2) is 65.3 Å². The van der Waals surface area contributed by atoms with Gasteiger partial charge in [0.25, 0.3) is 0 Å². The zero-order valence-corrected chi connectivity index (χ0v) is 36.0. The van der Waals surface area contributed by atoms with Crippen LogP contribution in [-0.2, 0) is 22.4 Å². The normalized spacial score (nSPS) is 20.9. The minimum atomic E-state index is -0.335. The molecule has 6 heterocycles. The third-order valence-corrected chi connectivity index (χ3v) is 12.0. The number of aromatic nitrogens is 4. The molecule has 0 spiro atoms. The second kappa shape index (κ2) is 21.0. The molecular weight excluding hydrogens is 822 g/mol. The van der Waals surface area contributed by atoms with Gasteiger partial charge in [-0.15, -0.1) is 10.2 Å². The van der Waals surface area contributed by atoms with Crippen LogP contribution in [0.2, 0.25) is 0 Å². The quantitative estimate of drug-likeness (QED) is 0.178. The van der Waals surface area contributed by atoms with E-state index in [0.29, 0.717) is 29.9 Å². The first-order valence-corrected chi connectivity index (χ1v) is 21.3. The molecule has 0 radical (unpaired) electrons. The average molecular weight is 878 g/mol. The lowest BCUT2D eigenvalue weighted by atomic mass is 9.96. The van der Waals surface area contributed by atoms with Crippen molar-refractivity contribution in [1.82, 2.24) is 35.5 Å². The number of carbonyl (C=O) groups is 2. The molecule has 4 aliphatic rings. The molecule has 4 atom stereocenters. The van der Waals surface area contributed by atoms with Crippen LogP contribution in [-0.4, -0.2) is 108 Å². The highest BCUT2D eigenvalue weighted by Crippen LogP contribution is 2.34. The lowest BCUT2D eigenvalue weighted by Gasteiger charge is -2.37. The van der Waals surface area contributed by atoms with Crippen molar-refractivity contribution < 1.29 is 27.8 Å². The van der Waals surface area contributed by atoms with Gasteiger partial charge in [-0.05, 0) is 129 Å². The summed E-state index contributed by atoms with van der Waals surface area (Å²) in [5.41, 5.74) is 3.58. The van der Waals surface area contributed by atoms with Gasteiger partial charge < -0.3 is 29.5 Å². The Bertz CT molecular complexity index is 1990. The van der Waals surface area contributed by atoms with E-state index in [1.165, 1.54) is 26.4 Å². The molecule has 0 aliphatic carbocycles. The Labute approximate surface area is 354 Å². The van der Waals surface area contributed by atoms with Gasteiger partial charge in [0, 0.05) is 57.1 Å². The van der Waals surface area contributed by atoms with Crippen molar-refractivity contribution in [1.29, 1.82) is 0 Å². The summed E-state index contributed by atoms with van der Waals surface area (Å²) in [5.74, 6) is 1.61. The van der Waals surface area contributed by atoms with Crippen molar-refractivity contribution >= 4 is 33.6 Å². The number of hydrogen-bond acceptors (Lipinski definition) is 10. The summed E-state index contributed by atoms with van der Waals surface area (Å²) >= 11 is 3.17. The second-order valence-corrected chi connectivity index (χ2v) is 16.4. The van der Waals surface area contributed by atoms with Gasteiger partial charge in [-0.1, -0.05) is 24.3 Å². The molecule has 4 fully saturated rings. The molecule has 0 unspecified atom stereocenters. The van der Waals surface area contributed by atoms with Crippen LogP contribution in [0.3, 0.4) is 0 Å². The second-order valence-electron chi connectivity index (χ2n) is 15.6. The maximum absolute atomic E-state index is 13.8. The Morgan fingerprint density at radius 1 is 0.712 bits per heavy atom. The predicted molar refractivity (Wildman–Crippen MR) is 225 cm³/mol. The van der Waals surface area contributed by atoms with Crippen molar-refractivity contribution in [3.05, 3.63) is 99.4 Å². The largest absolute Gasteiger partial charge is 0.493 e. The molecule has 0 saturated carbocycles. The summed E-state index contributed by atoms with van der Waals surface area (Å²) in [6.07, 6.45) is 6.67. The van der Waals surface area contributed by atoms with Gasteiger partial charge in [-0.3, -0.25) is 9.59 Å². The molecule has 8 rings (SSSR count). The van der Waals surface area contributed by atoms with Crippen molar-refractivity contribution in [3.63, 3.8) is 0 Å². The Morgan fingerprint density at radius 2 is 1.27 bits per heavy atom. The number of amides is 2. The summed E-state index contributed by atoms with van der Waals surface area (Å²) < 4.78 is 38.6. The smallest absolute Gasteiger partial charge is 0.226 e. The summed E-state index contributed by atoms with van der Waals surface area (Å²) in [6.45, 7) is 8.79. The number of ether oxygens (including phenoxy) is 2. The number of fused-ring (bicyclic) bond motifs is 2. The van der Waals surface area contributed by atoms with Crippen LogP contribution < -0.4 is 19.7 Å². The maximum Gasteiger partial charge on any atom is 0.226 e. The van der Waals surface area contributed by atoms with Gasteiger partial charge in [-0.2, -0.15) is 10.2 Å². The number of carbonyl (C=O) groups excluding carboxylic acids is 2. The number of anilines is 1. The number of piperazine rings is 2. The van der Waals surface area contributed by atoms with Crippen molar-refractivity contribution in [2.24, 2.45) is 11.8 Å². The first kappa shape index (κ1) is 43.8. The number of hydrogen-bond donors (Lipinski definition) is 1. The first-order chi connectivity index (χ1) is 28.6. The van der Waals surface area contributed by atoms with Gasteiger partial charge in [0.1, 0.15) is 4.60 Å². The lowest BCUT2D eigenvalue weighted by molar-refractivity contribution is -0.133. The van der Waals surface area contributed by atoms with Crippen LogP contribution in [0.5, 0.6) is 11.5 Å². The van der Waals surface area contributed by atoms with Crippen LogP contribution in [0.4, 0.5) is 14.6 Å². The molecule has 316 valence electrons. The first-order valence-electron chi connectivity index (χ1n) is 20.5. The number of aryl methyl sites for hydroxylation is 4. The fourth-order valence-electron chi connectivity index (χ4n) is 8.61. The number of methoxy groups -OCH3 is 2. The van der Waals surface area contributed by atoms with Crippen molar-refractivity contribution in [2.75, 3.05) is 58.4 Å². The Hall–Kier alpha value is -4.76. The van der Waals surface area contributed by atoms with Gasteiger partial charge in [0.05, 0.1) is 31.6 Å². The maximum atomic E-state index is 13.8. The minimum Gasteiger partial charge on any atom is -0.493 e. The van der Waals surface area contributed by atoms with E-state index >= 15 is 0 Å². The monoisotopic (exact) mass is 876 g/mol. The number of rotatable bonds is 11. The number of para-hydroxylation sites is 2. The van der Waals surface area contributed by atoms with E-state index in [2.05, 4.69) is 46.5 Å². The molecule has 15 heteroatoms. The van der Waals surface area contributed by atoms with Crippen molar-refractivity contribution in [3.8, 4) is 11.5 Å². The fourth-order valence-corrected chi connectivity index (χ4v) is 8.82. The molecule has 59 heavy (non-hydrogen) atoms. The van der Waals surface area contributed by atoms with E-state index in [-0.39, 0.29) is 35.4 Å². The van der Waals surface area contributed by atoms with E-state index in [1.807, 2.05) is 60.0 Å². The van der Waals surface area contributed by atoms with E-state index in [0.717, 1.165) is 117 Å². The SMILES string of the molecule is COc1c(F)cccc1CCC[C@H]1C[C@H]2CN(c3ccc(C)nn3)CCN2C1=O.COc1c(F)cccc1CCC[C@H]1C[C@H]2CNCCN2C1=O.Cc1ccc(Br)nn1. The van der Waals surface area contributed by atoms with Crippen molar-refractivity contribution in [2.45, 2.75) is 77.3 Å². The summed E-state index contributed by atoms with van der Waals surface area (Å²) in [7, 11) is 2.98. The zero-order valence-electron chi connectivity index (χ0n) is 34.4.